The normalized spacial score (nSPS) is 14.8. The van der Waals surface area contributed by atoms with Crippen LogP contribution < -0.4 is 9.62 Å². The van der Waals surface area contributed by atoms with Crippen LogP contribution in [-0.4, -0.2) is 20.1 Å². The molecule has 1 aliphatic heterocycles. The summed E-state index contributed by atoms with van der Waals surface area (Å²) in [5.41, 5.74) is 2.37. The van der Waals surface area contributed by atoms with E-state index >= 15 is 0 Å². The Balaban J connectivity index is 1.65. The van der Waals surface area contributed by atoms with Gasteiger partial charge in [0.15, 0.2) is 6.23 Å². The third-order valence-corrected chi connectivity index (χ3v) is 7.51. The Labute approximate surface area is 190 Å². The summed E-state index contributed by atoms with van der Waals surface area (Å²) in [7, 11) is -3.86. The number of halogens is 3. The van der Waals surface area contributed by atoms with Crippen LogP contribution in [0, 0.1) is 5.82 Å². The van der Waals surface area contributed by atoms with Crippen LogP contribution in [0.15, 0.2) is 65.6 Å². The molecule has 0 fully saturated rings. The van der Waals surface area contributed by atoms with Crippen LogP contribution in [0.3, 0.4) is 0 Å². The smallest absolute Gasteiger partial charge is 0.264 e. The maximum absolute atomic E-state index is 13.3. The number of aliphatic hydroxyl groups excluding tert-OH is 1. The Bertz CT molecular complexity index is 1220. The lowest BCUT2D eigenvalue weighted by Gasteiger charge is -2.31. The van der Waals surface area contributed by atoms with Gasteiger partial charge in [-0.3, -0.25) is 4.31 Å². The molecule has 1 heterocycles. The largest absolute Gasteiger partial charge is 0.369 e. The van der Waals surface area contributed by atoms with Crippen LogP contribution in [0.5, 0.6) is 0 Å². The molecule has 4 rings (SSSR count). The van der Waals surface area contributed by atoms with Crippen molar-refractivity contribution in [1.29, 1.82) is 0 Å². The molecule has 1 atom stereocenters. The molecule has 162 valence electrons. The number of nitrogens with zero attached hydrogens (tertiary/aromatic N) is 1. The van der Waals surface area contributed by atoms with Crippen LogP contribution in [0.4, 0.5) is 15.8 Å². The zero-order valence-electron chi connectivity index (χ0n) is 16.2. The summed E-state index contributed by atoms with van der Waals surface area (Å²) >= 11 is 12.1. The molecule has 1 aliphatic rings. The van der Waals surface area contributed by atoms with E-state index in [4.69, 9.17) is 23.2 Å². The fourth-order valence-corrected chi connectivity index (χ4v) is 5.62. The summed E-state index contributed by atoms with van der Waals surface area (Å²) in [6.45, 7) is 0.307. The third kappa shape index (κ3) is 4.50. The van der Waals surface area contributed by atoms with E-state index in [0.717, 1.165) is 24.1 Å². The van der Waals surface area contributed by atoms with Gasteiger partial charge in [0.25, 0.3) is 10.0 Å². The van der Waals surface area contributed by atoms with Crippen LogP contribution in [0.2, 0.25) is 10.0 Å². The maximum Gasteiger partial charge on any atom is 0.264 e. The first-order chi connectivity index (χ1) is 14.8. The van der Waals surface area contributed by atoms with Gasteiger partial charge in [-0.05, 0) is 66.9 Å². The van der Waals surface area contributed by atoms with Gasteiger partial charge in [0, 0.05) is 27.8 Å². The highest BCUT2D eigenvalue weighted by atomic mass is 35.5. The second-order valence-electron chi connectivity index (χ2n) is 7.19. The van der Waals surface area contributed by atoms with Gasteiger partial charge in [-0.15, -0.1) is 0 Å². The lowest BCUT2D eigenvalue weighted by atomic mass is 10.0. The fraction of sp³-hybridized carbons (Fsp3) is 0.182. The van der Waals surface area contributed by atoms with E-state index in [-0.39, 0.29) is 4.90 Å². The van der Waals surface area contributed by atoms with Crippen molar-refractivity contribution in [3.05, 3.63) is 87.7 Å². The molecule has 0 saturated carbocycles. The van der Waals surface area contributed by atoms with Gasteiger partial charge in [0.05, 0.1) is 10.6 Å². The lowest BCUT2D eigenvalue weighted by Crippen LogP contribution is -2.35. The molecule has 3 aromatic carbocycles. The number of sulfonamides is 1. The van der Waals surface area contributed by atoms with Crippen molar-refractivity contribution in [1.82, 2.24) is 0 Å². The number of aryl methyl sites for hydroxylation is 1. The number of anilines is 2. The van der Waals surface area contributed by atoms with Crippen LogP contribution in [-0.2, 0) is 16.4 Å². The molecule has 31 heavy (non-hydrogen) atoms. The van der Waals surface area contributed by atoms with Crippen molar-refractivity contribution in [3.63, 3.8) is 0 Å². The third-order valence-electron chi connectivity index (χ3n) is 5.12. The highest BCUT2D eigenvalue weighted by Crippen LogP contribution is 2.35. The Morgan fingerprint density at radius 2 is 1.77 bits per heavy atom. The summed E-state index contributed by atoms with van der Waals surface area (Å²) in [5, 5.41) is 14.3. The summed E-state index contributed by atoms with van der Waals surface area (Å²) < 4.78 is 41.0. The molecule has 0 aliphatic carbocycles. The van der Waals surface area contributed by atoms with E-state index in [1.54, 1.807) is 24.3 Å². The average Bonchev–Trinajstić information content (AvgIpc) is 2.73. The molecule has 1 unspecified atom stereocenters. The monoisotopic (exact) mass is 480 g/mol. The second kappa shape index (κ2) is 8.67. The average molecular weight is 481 g/mol. The zero-order valence-corrected chi connectivity index (χ0v) is 18.6. The van der Waals surface area contributed by atoms with Crippen LogP contribution in [0.1, 0.15) is 23.8 Å². The Morgan fingerprint density at radius 1 is 1.03 bits per heavy atom. The van der Waals surface area contributed by atoms with Crippen molar-refractivity contribution in [2.75, 3.05) is 16.2 Å². The number of benzene rings is 3. The van der Waals surface area contributed by atoms with Gasteiger partial charge in [-0.2, -0.15) is 0 Å². The molecule has 0 bridgehead atoms. The van der Waals surface area contributed by atoms with Gasteiger partial charge < -0.3 is 10.4 Å². The molecular weight excluding hydrogens is 462 g/mol. The van der Waals surface area contributed by atoms with Crippen molar-refractivity contribution >= 4 is 44.6 Å². The van der Waals surface area contributed by atoms with E-state index in [1.165, 1.54) is 22.5 Å². The van der Waals surface area contributed by atoms with E-state index in [9.17, 15) is 17.9 Å². The summed E-state index contributed by atoms with van der Waals surface area (Å²) in [4.78, 5) is 0.0214. The minimum absolute atomic E-state index is 0.0214. The topological polar surface area (TPSA) is 69.6 Å². The van der Waals surface area contributed by atoms with Crippen LogP contribution in [0.25, 0.3) is 0 Å². The number of hydrogen-bond donors (Lipinski definition) is 2. The molecule has 9 heteroatoms. The molecule has 3 aromatic rings. The van der Waals surface area contributed by atoms with Gasteiger partial charge >= 0.3 is 0 Å². The quantitative estimate of drug-likeness (QED) is 0.481. The number of nitrogens with one attached hydrogen (secondary N) is 1. The van der Waals surface area contributed by atoms with Crippen LogP contribution >= 0.6 is 23.2 Å². The Morgan fingerprint density at radius 3 is 2.48 bits per heavy atom. The highest BCUT2D eigenvalue weighted by Gasteiger charge is 2.29. The number of fused-ring (bicyclic) bond motifs is 1. The lowest BCUT2D eigenvalue weighted by molar-refractivity contribution is 0.208. The zero-order chi connectivity index (χ0) is 22.2. The maximum atomic E-state index is 13.3. The molecular formula is C22H19Cl2FN2O3S. The molecule has 0 amide bonds. The van der Waals surface area contributed by atoms with E-state index in [2.05, 4.69) is 5.32 Å². The predicted octanol–water partition coefficient (Wildman–Crippen LogP) is 5.38. The Kier molecular flexibility index (Phi) is 6.12. The summed E-state index contributed by atoms with van der Waals surface area (Å²) in [6.07, 6.45) is 0.286. The van der Waals surface area contributed by atoms with Crippen molar-refractivity contribution < 1.29 is 17.9 Å². The molecule has 0 aromatic heterocycles. The molecule has 2 N–H and O–H groups in total. The minimum atomic E-state index is -3.86. The molecule has 0 saturated heterocycles. The molecule has 0 spiro atoms. The SMILES string of the molecule is O=S(=O)(c1ccc(F)cc1)N1CCCc2ccc(NC(O)c3ccc(Cl)cc3Cl)cc21. The number of aliphatic hydroxyl groups is 1. The Hall–Kier alpha value is -2.32. The highest BCUT2D eigenvalue weighted by molar-refractivity contribution is 7.92. The fourth-order valence-electron chi connectivity index (χ4n) is 3.57. The van der Waals surface area contributed by atoms with E-state index in [1.807, 2.05) is 6.07 Å². The second-order valence-corrected chi connectivity index (χ2v) is 9.90. The first kappa shape index (κ1) is 21.9. The van der Waals surface area contributed by atoms with E-state index < -0.39 is 22.1 Å². The minimum Gasteiger partial charge on any atom is -0.369 e. The summed E-state index contributed by atoms with van der Waals surface area (Å²) in [5.74, 6) is -0.501. The van der Waals surface area contributed by atoms with Gasteiger partial charge in [-0.1, -0.05) is 35.3 Å². The number of rotatable bonds is 5. The van der Waals surface area contributed by atoms with Gasteiger partial charge in [0.1, 0.15) is 5.82 Å². The molecule has 0 radical (unpaired) electrons. The van der Waals surface area contributed by atoms with E-state index in [0.29, 0.717) is 39.9 Å². The first-order valence-electron chi connectivity index (χ1n) is 9.56. The van der Waals surface area contributed by atoms with Gasteiger partial charge in [-0.25, -0.2) is 12.8 Å². The van der Waals surface area contributed by atoms with Crippen molar-refractivity contribution in [2.45, 2.75) is 24.0 Å². The first-order valence-corrected chi connectivity index (χ1v) is 11.8. The predicted molar refractivity (Wildman–Crippen MR) is 121 cm³/mol. The number of hydrogen-bond acceptors (Lipinski definition) is 4. The van der Waals surface area contributed by atoms with Crippen molar-refractivity contribution in [3.8, 4) is 0 Å². The summed E-state index contributed by atoms with van der Waals surface area (Å²) in [6, 6.07) is 14.8. The van der Waals surface area contributed by atoms with Gasteiger partial charge in [0.2, 0.25) is 0 Å². The van der Waals surface area contributed by atoms with Crippen molar-refractivity contribution in [2.24, 2.45) is 0 Å². The molecule has 5 nitrogen and oxygen atoms in total. The standard InChI is InChI=1S/C22H19Cl2FN2O3S/c23-15-4-10-19(20(24)12-15)22(28)26-17-7-3-14-2-1-11-27(21(14)13-17)31(29,30)18-8-5-16(25)6-9-18/h3-10,12-13,22,26,28H,1-2,11H2.